The highest BCUT2D eigenvalue weighted by atomic mass is 35.5. The molecule has 0 saturated carbocycles. The molecule has 0 nitrogen and oxygen atoms in total. The molecule has 0 radical (unpaired) electrons. The molecular formula is C14H13ClS. The van der Waals surface area contributed by atoms with Gasteiger partial charge in [-0.15, -0.1) is 0 Å². The van der Waals surface area contributed by atoms with Gasteiger partial charge < -0.3 is 0 Å². The lowest BCUT2D eigenvalue weighted by Gasteiger charge is -2.06. The van der Waals surface area contributed by atoms with E-state index in [4.69, 9.17) is 11.6 Å². The lowest BCUT2D eigenvalue weighted by molar-refractivity contribution is 1.25. The summed E-state index contributed by atoms with van der Waals surface area (Å²) >= 11 is 7.64. The Morgan fingerprint density at radius 1 is 0.938 bits per heavy atom. The maximum absolute atomic E-state index is 5.86. The van der Waals surface area contributed by atoms with Crippen LogP contribution in [0.2, 0.25) is 5.02 Å². The van der Waals surface area contributed by atoms with Crippen LogP contribution >= 0.6 is 23.4 Å². The number of hydrogen-bond donors (Lipinski definition) is 0. The van der Waals surface area contributed by atoms with Crippen LogP contribution in [0, 0.1) is 13.8 Å². The van der Waals surface area contributed by atoms with Crippen molar-refractivity contribution in [1.29, 1.82) is 0 Å². The van der Waals surface area contributed by atoms with E-state index in [1.807, 2.05) is 12.1 Å². The normalized spacial score (nSPS) is 10.4. The van der Waals surface area contributed by atoms with Crippen LogP contribution in [0.25, 0.3) is 0 Å². The monoisotopic (exact) mass is 248 g/mol. The Morgan fingerprint density at radius 2 is 1.62 bits per heavy atom. The number of hydrogen-bond acceptors (Lipinski definition) is 1. The predicted octanol–water partition coefficient (Wildman–Crippen LogP) is 5.11. The molecule has 0 spiro atoms. The van der Waals surface area contributed by atoms with Crippen molar-refractivity contribution in [3.8, 4) is 0 Å². The van der Waals surface area contributed by atoms with Crippen LogP contribution in [0.4, 0.5) is 0 Å². The molecule has 0 N–H and O–H groups in total. The van der Waals surface area contributed by atoms with Gasteiger partial charge in [0.05, 0.1) is 0 Å². The summed E-state index contributed by atoms with van der Waals surface area (Å²) in [6.07, 6.45) is 0. The van der Waals surface area contributed by atoms with Crippen LogP contribution in [0.3, 0.4) is 0 Å². The molecule has 2 aromatic rings. The summed E-state index contributed by atoms with van der Waals surface area (Å²) in [5.74, 6) is 0. The van der Waals surface area contributed by atoms with Gasteiger partial charge in [-0.1, -0.05) is 35.5 Å². The summed E-state index contributed by atoms with van der Waals surface area (Å²) in [6.45, 7) is 4.25. The van der Waals surface area contributed by atoms with Gasteiger partial charge in [-0.25, -0.2) is 0 Å². The van der Waals surface area contributed by atoms with Crippen molar-refractivity contribution in [2.24, 2.45) is 0 Å². The van der Waals surface area contributed by atoms with Crippen molar-refractivity contribution in [3.63, 3.8) is 0 Å². The molecule has 16 heavy (non-hydrogen) atoms. The number of benzene rings is 2. The minimum Gasteiger partial charge on any atom is -0.0898 e. The molecule has 0 heterocycles. The highest BCUT2D eigenvalue weighted by molar-refractivity contribution is 7.99. The van der Waals surface area contributed by atoms with Gasteiger partial charge in [0.15, 0.2) is 0 Å². The first kappa shape index (κ1) is 11.6. The third-order valence-electron chi connectivity index (χ3n) is 2.39. The Balaban J connectivity index is 2.26. The minimum absolute atomic E-state index is 0.783. The van der Waals surface area contributed by atoms with Crippen molar-refractivity contribution in [2.75, 3.05) is 0 Å². The van der Waals surface area contributed by atoms with Gasteiger partial charge in [-0.05, 0) is 55.3 Å². The Kier molecular flexibility index (Phi) is 3.57. The number of halogens is 1. The summed E-state index contributed by atoms with van der Waals surface area (Å²) in [5.41, 5.74) is 2.60. The van der Waals surface area contributed by atoms with Gasteiger partial charge in [0.2, 0.25) is 0 Å². The fraction of sp³-hybridized carbons (Fsp3) is 0.143. The Morgan fingerprint density at radius 3 is 2.31 bits per heavy atom. The predicted molar refractivity (Wildman–Crippen MR) is 71.5 cm³/mol. The van der Waals surface area contributed by atoms with Crippen molar-refractivity contribution < 1.29 is 0 Å². The van der Waals surface area contributed by atoms with E-state index in [0.29, 0.717) is 0 Å². The van der Waals surface area contributed by atoms with Crippen LogP contribution in [0.5, 0.6) is 0 Å². The van der Waals surface area contributed by atoms with Crippen molar-refractivity contribution >= 4 is 23.4 Å². The molecule has 0 amide bonds. The van der Waals surface area contributed by atoms with Crippen LogP contribution < -0.4 is 0 Å². The third kappa shape index (κ3) is 2.81. The topological polar surface area (TPSA) is 0 Å². The van der Waals surface area contributed by atoms with Gasteiger partial charge in [0, 0.05) is 14.8 Å². The fourth-order valence-electron chi connectivity index (χ4n) is 1.45. The van der Waals surface area contributed by atoms with E-state index in [0.717, 1.165) is 5.02 Å². The van der Waals surface area contributed by atoms with Crippen molar-refractivity contribution in [3.05, 3.63) is 58.6 Å². The first-order chi connectivity index (χ1) is 7.65. The van der Waals surface area contributed by atoms with Crippen LogP contribution in [-0.2, 0) is 0 Å². The average molecular weight is 249 g/mol. The highest BCUT2D eigenvalue weighted by Gasteiger charge is 2.01. The zero-order valence-electron chi connectivity index (χ0n) is 9.33. The van der Waals surface area contributed by atoms with E-state index in [9.17, 15) is 0 Å². The smallest absolute Gasteiger partial charge is 0.0406 e. The molecule has 0 aliphatic carbocycles. The molecule has 0 bridgehead atoms. The average Bonchev–Trinajstić information content (AvgIpc) is 2.27. The Labute approximate surface area is 106 Å². The van der Waals surface area contributed by atoms with Gasteiger partial charge in [-0.2, -0.15) is 0 Å². The molecule has 0 aliphatic heterocycles. The zero-order chi connectivity index (χ0) is 11.5. The summed E-state index contributed by atoms with van der Waals surface area (Å²) < 4.78 is 0. The molecule has 2 aromatic carbocycles. The molecule has 0 saturated heterocycles. The molecule has 0 aromatic heterocycles. The number of aryl methyl sites for hydroxylation is 2. The maximum atomic E-state index is 5.86. The lowest BCUT2D eigenvalue weighted by atomic mass is 10.2. The first-order valence-corrected chi connectivity index (χ1v) is 6.35. The van der Waals surface area contributed by atoms with Gasteiger partial charge in [0.1, 0.15) is 0 Å². The molecule has 0 atom stereocenters. The van der Waals surface area contributed by atoms with Crippen molar-refractivity contribution in [1.82, 2.24) is 0 Å². The largest absolute Gasteiger partial charge is 0.0898 e. The quantitative estimate of drug-likeness (QED) is 0.712. The third-order valence-corrected chi connectivity index (χ3v) is 3.80. The number of rotatable bonds is 2. The van der Waals surface area contributed by atoms with Gasteiger partial charge in [0.25, 0.3) is 0 Å². The Hall–Kier alpha value is -0.920. The molecule has 0 aliphatic rings. The maximum Gasteiger partial charge on any atom is 0.0406 e. The standard InChI is InChI=1S/C14H13ClS/c1-10-3-4-11(2)14(9-10)16-13-7-5-12(15)6-8-13/h3-9H,1-2H3. The van der Waals surface area contributed by atoms with E-state index < -0.39 is 0 Å². The fourth-order valence-corrected chi connectivity index (χ4v) is 2.57. The van der Waals surface area contributed by atoms with E-state index in [2.05, 4.69) is 44.2 Å². The summed E-state index contributed by atoms with van der Waals surface area (Å²) in [7, 11) is 0. The van der Waals surface area contributed by atoms with Gasteiger partial charge >= 0.3 is 0 Å². The summed E-state index contributed by atoms with van der Waals surface area (Å²) in [6, 6.07) is 14.5. The molecule has 0 fully saturated rings. The van der Waals surface area contributed by atoms with Crippen LogP contribution in [0.15, 0.2) is 52.3 Å². The SMILES string of the molecule is Cc1ccc(C)c(Sc2ccc(Cl)cc2)c1. The molecule has 0 unspecified atom stereocenters. The van der Waals surface area contributed by atoms with E-state index in [1.165, 1.54) is 20.9 Å². The second-order valence-electron chi connectivity index (χ2n) is 3.82. The lowest BCUT2D eigenvalue weighted by Crippen LogP contribution is -1.81. The second-order valence-corrected chi connectivity index (χ2v) is 5.38. The summed E-state index contributed by atoms with van der Waals surface area (Å²) in [4.78, 5) is 2.53. The molecular weight excluding hydrogens is 236 g/mol. The van der Waals surface area contributed by atoms with Crippen LogP contribution in [-0.4, -0.2) is 0 Å². The van der Waals surface area contributed by atoms with Gasteiger partial charge in [-0.3, -0.25) is 0 Å². The van der Waals surface area contributed by atoms with E-state index >= 15 is 0 Å². The molecule has 2 rings (SSSR count). The summed E-state index contributed by atoms with van der Waals surface area (Å²) in [5, 5.41) is 0.783. The highest BCUT2D eigenvalue weighted by Crippen LogP contribution is 2.31. The minimum atomic E-state index is 0.783. The first-order valence-electron chi connectivity index (χ1n) is 5.16. The Bertz CT molecular complexity index is 489. The van der Waals surface area contributed by atoms with E-state index in [-0.39, 0.29) is 0 Å². The van der Waals surface area contributed by atoms with Crippen LogP contribution in [0.1, 0.15) is 11.1 Å². The second kappa shape index (κ2) is 4.94. The molecule has 82 valence electrons. The van der Waals surface area contributed by atoms with Crippen molar-refractivity contribution in [2.45, 2.75) is 23.6 Å². The van der Waals surface area contributed by atoms with E-state index in [1.54, 1.807) is 11.8 Å². The zero-order valence-corrected chi connectivity index (χ0v) is 10.9. The molecule has 2 heteroatoms.